The van der Waals surface area contributed by atoms with E-state index in [1.54, 1.807) is 6.20 Å². The van der Waals surface area contributed by atoms with Crippen LogP contribution in [0.3, 0.4) is 0 Å². The molecule has 1 N–H and O–H groups in total. The van der Waals surface area contributed by atoms with Crippen molar-refractivity contribution in [1.82, 2.24) is 24.4 Å². The van der Waals surface area contributed by atoms with Crippen molar-refractivity contribution in [3.63, 3.8) is 0 Å². The molecule has 0 amide bonds. The molecule has 8 heteroatoms. The van der Waals surface area contributed by atoms with Crippen LogP contribution in [0.5, 0.6) is 0 Å². The SMILES string of the molecule is CC(C)c1cccc(-n2c(C3CC3)c(F)c3cnc(Nc4ccc(N5CCC6(CCN(C)CC6)CC5)cc4)nc32)n1. The first-order chi connectivity index (χ1) is 19.9. The Morgan fingerprint density at radius 1 is 0.927 bits per heavy atom. The predicted molar refractivity (Wildman–Crippen MR) is 163 cm³/mol. The van der Waals surface area contributed by atoms with Crippen LogP contribution in [0, 0.1) is 11.2 Å². The Morgan fingerprint density at radius 3 is 2.32 bits per heavy atom. The van der Waals surface area contributed by atoms with Crippen LogP contribution >= 0.6 is 0 Å². The summed E-state index contributed by atoms with van der Waals surface area (Å²) in [6.45, 7) is 8.94. The van der Waals surface area contributed by atoms with E-state index in [4.69, 9.17) is 9.97 Å². The van der Waals surface area contributed by atoms with Gasteiger partial charge in [0.2, 0.25) is 5.95 Å². The molecule has 1 aliphatic carbocycles. The van der Waals surface area contributed by atoms with Gasteiger partial charge in [0.25, 0.3) is 0 Å². The van der Waals surface area contributed by atoms with Crippen LogP contribution in [-0.4, -0.2) is 57.6 Å². The summed E-state index contributed by atoms with van der Waals surface area (Å²) < 4.78 is 17.6. The van der Waals surface area contributed by atoms with E-state index in [0.29, 0.717) is 33.9 Å². The highest BCUT2D eigenvalue weighted by molar-refractivity contribution is 5.81. The van der Waals surface area contributed by atoms with Crippen molar-refractivity contribution in [2.75, 3.05) is 43.4 Å². The van der Waals surface area contributed by atoms with Crippen molar-refractivity contribution >= 4 is 28.4 Å². The molecular weight excluding hydrogens is 513 g/mol. The molecule has 41 heavy (non-hydrogen) atoms. The van der Waals surface area contributed by atoms with E-state index in [2.05, 4.69) is 65.3 Å². The average Bonchev–Trinajstić information content (AvgIpc) is 3.79. The fourth-order valence-corrected chi connectivity index (χ4v) is 6.66. The van der Waals surface area contributed by atoms with Crippen LogP contribution in [0.1, 0.15) is 75.6 Å². The quantitative estimate of drug-likeness (QED) is 0.277. The van der Waals surface area contributed by atoms with Crippen molar-refractivity contribution < 1.29 is 4.39 Å². The van der Waals surface area contributed by atoms with E-state index >= 15 is 4.39 Å². The summed E-state index contributed by atoms with van der Waals surface area (Å²) in [5, 5.41) is 3.80. The Labute approximate surface area is 241 Å². The van der Waals surface area contributed by atoms with Gasteiger partial charge in [-0.3, -0.25) is 4.57 Å². The Hall–Kier alpha value is -3.52. The van der Waals surface area contributed by atoms with Gasteiger partial charge in [-0.1, -0.05) is 19.9 Å². The highest BCUT2D eigenvalue weighted by atomic mass is 19.1. The number of benzene rings is 1. The van der Waals surface area contributed by atoms with E-state index in [-0.39, 0.29) is 17.7 Å². The van der Waals surface area contributed by atoms with E-state index < -0.39 is 0 Å². The Kier molecular flexibility index (Phi) is 6.69. The lowest BCUT2D eigenvalue weighted by Gasteiger charge is -2.46. The smallest absolute Gasteiger partial charge is 0.229 e. The first-order valence-electron chi connectivity index (χ1n) is 15.2. The van der Waals surface area contributed by atoms with Crippen LogP contribution in [0.15, 0.2) is 48.7 Å². The van der Waals surface area contributed by atoms with Gasteiger partial charge in [-0.2, -0.15) is 4.98 Å². The van der Waals surface area contributed by atoms with Crippen molar-refractivity contribution in [3.8, 4) is 5.82 Å². The fourth-order valence-electron chi connectivity index (χ4n) is 6.66. The van der Waals surface area contributed by atoms with E-state index in [1.165, 1.54) is 44.5 Å². The minimum absolute atomic E-state index is 0.196. The molecule has 5 heterocycles. The van der Waals surface area contributed by atoms with Crippen molar-refractivity contribution in [1.29, 1.82) is 0 Å². The molecule has 4 aromatic rings. The molecule has 2 saturated heterocycles. The lowest BCUT2D eigenvalue weighted by atomic mass is 9.71. The van der Waals surface area contributed by atoms with Crippen LogP contribution < -0.4 is 10.2 Å². The fraction of sp³-hybridized carbons (Fsp3) is 0.485. The molecule has 3 aliphatic rings. The molecule has 0 bridgehead atoms. The van der Waals surface area contributed by atoms with Gasteiger partial charge in [-0.25, -0.2) is 14.4 Å². The zero-order valence-electron chi connectivity index (χ0n) is 24.4. The predicted octanol–water partition coefficient (Wildman–Crippen LogP) is 7.01. The van der Waals surface area contributed by atoms with Crippen LogP contribution in [-0.2, 0) is 0 Å². The van der Waals surface area contributed by atoms with Crippen molar-refractivity contribution in [2.45, 2.75) is 64.2 Å². The monoisotopic (exact) mass is 553 g/mol. The second-order valence-electron chi connectivity index (χ2n) is 12.8. The summed E-state index contributed by atoms with van der Waals surface area (Å²) in [4.78, 5) is 19.2. The summed E-state index contributed by atoms with van der Waals surface area (Å²) in [5.41, 5.74) is 4.93. The maximum absolute atomic E-state index is 15.7. The highest BCUT2D eigenvalue weighted by Crippen LogP contribution is 2.45. The highest BCUT2D eigenvalue weighted by Gasteiger charge is 2.37. The van der Waals surface area contributed by atoms with Gasteiger partial charge in [0.15, 0.2) is 11.5 Å². The van der Waals surface area contributed by atoms with Gasteiger partial charge in [-0.05, 0) is 106 Å². The lowest BCUT2D eigenvalue weighted by molar-refractivity contribution is 0.0945. The maximum atomic E-state index is 15.7. The number of aromatic nitrogens is 4. The number of halogens is 1. The molecule has 1 spiro atoms. The van der Waals surface area contributed by atoms with E-state index in [9.17, 15) is 0 Å². The molecule has 3 fully saturated rings. The number of pyridine rings is 1. The minimum atomic E-state index is -0.223. The molecule has 1 saturated carbocycles. The zero-order chi connectivity index (χ0) is 28.1. The van der Waals surface area contributed by atoms with E-state index in [0.717, 1.165) is 37.3 Å². The summed E-state index contributed by atoms with van der Waals surface area (Å²) in [6, 6.07) is 14.5. The number of anilines is 3. The van der Waals surface area contributed by atoms with Crippen LogP contribution in [0.4, 0.5) is 21.7 Å². The third-order valence-electron chi connectivity index (χ3n) is 9.58. The molecule has 7 nitrogen and oxygen atoms in total. The largest absolute Gasteiger partial charge is 0.371 e. The lowest BCUT2D eigenvalue weighted by Crippen LogP contribution is -2.46. The van der Waals surface area contributed by atoms with Gasteiger partial charge in [-0.15, -0.1) is 0 Å². The van der Waals surface area contributed by atoms with Crippen LogP contribution in [0.25, 0.3) is 16.9 Å². The van der Waals surface area contributed by atoms with Gasteiger partial charge < -0.3 is 15.1 Å². The molecule has 0 atom stereocenters. The molecule has 3 aromatic heterocycles. The van der Waals surface area contributed by atoms with Crippen molar-refractivity contribution in [3.05, 3.63) is 65.9 Å². The first-order valence-corrected chi connectivity index (χ1v) is 15.2. The standard InChI is InChI=1S/C33H40FN7/c1-22(2)27-5-4-6-28(37-27)41-30(23-7-8-23)29(34)26-21-35-32(38-31(26)41)36-24-9-11-25(12-10-24)40-19-15-33(16-20-40)13-17-39(3)18-14-33/h4-6,9-12,21-23H,7-8,13-20H2,1-3H3,(H,35,36,38). The molecular formula is C33H40FN7. The number of likely N-dealkylation sites (tertiary alicyclic amines) is 1. The Balaban J connectivity index is 1.12. The van der Waals surface area contributed by atoms with Gasteiger partial charge in [0, 0.05) is 42.3 Å². The zero-order valence-corrected chi connectivity index (χ0v) is 24.4. The number of hydrogen-bond donors (Lipinski definition) is 1. The third-order valence-corrected chi connectivity index (χ3v) is 9.58. The average molecular weight is 554 g/mol. The number of hydrogen-bond acceptors (Lipinski definition) is 6. The molecule has 214 valence electrons. The second-order valence-corrected chi connectivity index (χ2v) is 12.8. The summed E-state index contributed by atoms with van der Waals surface area (Å²) in [7, 11) is 2.24. The normalized spacial score (nSPS) is 19.4. The molecule has 2 aliphatic heterocycles. The van der Waals surface area contributed by atoms with E-state index in [1.807, 2.05) is 22.8 Å². The number of fused-ring (bicyclic) bond motifs is 1. The van der Waals surface area contributed by atoms with Gasteiger partial charge >= 0.3 is 0 Å². The van der Waals surface area contributed by atoms with Crippen molar-refractivity contribution in [2.24, 2.45) is 5.41 Å². The summed E-state index contributed by atoms with van der Waals surface area (Å²) in [5.74, 6) is 1.42. The molecule has 0 radical (unpaired) electrons. The summed E-state index contributed by atoms with van der Waals surface area (Å²) >= 11 is 0. The molecule has 1 aromatic carbocycles. The number of nitrogens with zero attached hydrogens (tertiary/aromatic N) is 6. The number of nitrogens with one attached hydrogen (secondary N) is 1. The minimum Gasteiger partial charge on any atom is -0.371 e. The number of rotatable bonds is 6. The first kappa shape index (κ1) is 26.4. The van der Waals surface area contributed by atoms with Gasteiger partial charge in [0.1, 0.15) is 5.82 Å². The molecule has 0 unspecified atom stereocenters. The maximum Gasteiger partial charge on any atom is 0.229 e. The van der Waals surface area contributed by atoms with Crippen LogP contribution in [0.2, 0.25) is 0 Å². The van der Waals surface area contributed by atoms with Gasteiger partial charge in [0.05, 0.1) is 11.1 Å². The Morgan fingerprint density at radius 2 is 1.63 bits per heavy atom. The Bertz CT molecular complexity index is 1540. The third kappa shape index (κ3) is 5.07. The molecule has 7 rings (SSSR count). The second kappa shape index (κ2) is 10.4. The topological polar surface area (TPSA) is 62.1 Å². The number of piperidine rings is 2. The summed E-state index contributed by atoms with van der Waals surface area (Å²) in [6.07, 6.45) is 8.80.